The van der Waals surface area contributed by atoms with Crippen LogP contribution in [0, 0.1) is 17.3 Å². The van der Waals surface area contributed by atoms with E-state index in [2.05, 4.69) is 31.2 Å². The normalized spacial score (nSPS) is 35.2. The van der Waals surface area contributed by atoms with Gasteiger partial charge in [0, 0.05) is 0 Å². The van der Waals surface area contributed by atoms with Gasteiger partial charge in [-0.15, -0.1) is 0 Å². The fourth-order valence-electron chi connectivity index (χ4n) is 3.81. The molecule has 92 valence electrons. The molecular formula is C16H22O. The summed E-state index contributed by atoms with van der Waals surface area (Å²) in [5, 5.41) is 0. The number of ether oxygens (including phenoxy) is 1. The van der Waals surface area contributed by atoms with Crippen LogP contribution in [0.15, 0.2) is 24.3 Å². The molecule has 2 saturated carbocycles. The second kappa shape index (κ2) is 4.04. The van der Waals surface area contributed by atoms with Crippen LogP contribution in [0.5, 0.6) is 5.75 Å². The van der Waals surface area contributed by atoms with E-state index in [0.29, 0.717) is 5.41 Å². The van der Waals surface area contributed by atoms with Gasteiger partial charge in [-0.1, -0.05) is 25.5 Å². The predicted molar refractivity (Wildman–Crippen MR) is 70.3 cm³/mol. The molecule has 2 aliphatic carbocycles. The Morgan fingerprint density at radius 3 is 2.65 bits per heavy atom. The minimum absolute atomic E-state index is 0.673. The van der Waals surface area contributed by atoms with E-state index >= 15 is 0 Å². The zero-order chi connectivity index (χ0) is 11.9. The lowest BCUT2D eigenvalue weighted by atomic mass is 9.78. The number of benzene rings is 1. The van der Waals surface area contributed by atoms with Crippen LogP contribution in [0.4, 0.5) is 0 Å². The van der Waals surface area contributed by atoms with Gasteiger partial charge in [-0.05, 0) is 60.6 Å². The molecule has 3 rings (SSSR count). The Balaban J connectivity index is 1.70. The van der Waals surface area contributed by atoms with Gasteiger partial charge in [0.25, 0.3) is 0 Å². The summed E-state index contributed by atoms with van der Waals surface area (Å²) in [6.45, 7) is 2.42. The third-order valence-corrected chi connectivity index (χ3v) is 4.84. The molecule has 0 amide bonds. The Labute approximate surface area is 104 Å². The Bertz CT molecular complexity index is 394. The van der Waals surface area contributed by atoms with Gasteiger partial charge in [0.1, 0.15) is 5.75 Å². The highest BCUT2D eigenvalue weighted by atomic mass is 16.5. The van der Waals surface area contributed by atoms with Gasteiger partial charge >= 0.3 is 0 Å². The van der Waals surface area contributed by atoms with E-state index in [-0.39, 0.29) is 0 Å². The van der Waals surface area contributed by atoms with Crippen LogP contribution in [0.25, 0.3) is 0 Å². The van der Waals surface area contributed by atoms with Gasteiger partial charge in [0.2, 0.25) is 0 Å². The van der Waals surface area contributed by atoms with Crippen molar-refractivity contribution in [3.05, 3.63) is 29.8 Å². The fraction of sp³-hybridized carbons (Fsp3) is 0.625. The largest absolute Gasteiger partial charge is 0.497 e. The SMILES string of the molecule is COc1ccc(C[C@@]23CC(C)CC[C@@H]2C3)cc1. The molecule has 0 radical (unpaired) electrons. The molecule has 1 unspecified atom stereocenters. The number of hydrogen-bond donors (Lipinski definition) is 0. The quantitative estimate of drug-likeness (QED) is 0.760. The van der Waals surface area contributed by atoms with Crippen LogP contribution in [-0.2, 0) is 6.42 Å². The first-order valence-electron chi connectivity index (χ1n) is 6.85. The summed E-state index contributed by atoms with van der Waals surface area (Å²) in [7, 11) is 1.73. The van der Waals surface area contributed by atoms with Crippen molar-refractivity contribution in [2.24, 2.45) is 17.3 Å². The second-order valence-corrected chi connectivity index (χ2v) is 6.17. The zero-order valence-corrected chi connectivity index (χ0v) is 10.9. The number of methoxy groups -OCH3 is 1. The van der Waals surface area contributed by atoms with Gasteiger partial charge in [0.15, 0.2) is 0 Å². The minimum Gasteiger partial charge on any atom is -0.497 e. The van der Waals surface area contributed by atoms with Gasteiger partial charge in [-0.2, -0.15) is 0 Å². The van der Waals surface area contributed by atoms with Gasteiger partial charge in [-0.3, -0.25) is 0 Å². The van der Waals surface area contributed by atoms with E-state index in [1.54, 1.807) is 7.11 Å². The van der Waals surface area contributed by atoms with E-state index in [9.17, 15) is 0 Å². The van der Waals surface area contributed by atoms with Crippen molar-refractivity contribution in [3.8, 4) is 5.75 Å². The third-order valence-electron chi connectivity index (χ3n) is 4.84. The zero-order valence-electron chi connectivity index (χ0n) is 10.9. The lowest BCUT2D eigenvalue weighted by Crippen LogP contribution is -2.18. The maximum absolute atomic E-state index is 5.21. The number of fused-ring (bicyclic) bond motifs is 1. The number of hydrogen-bond acceptors (Lipinski definition) is 1. The molecule has 1 aromatic rings. The van der Waals surface area contributed by atoms with E-state index in [1.165, 1.54) is 37.7 Å². The molecule has 2 fully saturated rings. The molecule has 3 atom stereocenters. The van der Waals surface area contributed by atoms with Crippen molar-refractivity contribution < 1.29 is 4.74 Å². The highest BCUT2D eigenvalue weighted by Gasteiger charge is 2.55. The van der Waals surface area contributed by atoms with Gasteiger partial charge in [0.05, 0.1) is 7.11 Å². The van der Waals surface area contributed by atoms with Crippen molar-refractivity contribution in [3.63, 3.8) is 0 Å². The maximum atomic E-state index is 5.21. The van der Waals surface area contributed by atoms with Crippen molar-refractivity contribution in [2.45, 2.75) is 39.0 Å². The first kappa shape index (κ1) is 11.1. The Hall–Kier alpha value is -0.980. The summed E-state index contributed by atoms with van der Waals surface area (Å²) in [6, 6.07) is 8.66. The van der Waals surface area contributed by atoms with Crippen LogP contribution in [0.2, 0.25) is 0 Å². The molecule has 0 aromatic heterocycles. The topological polar surface area (TPSA) is 9.23 Å². The van der Waals surface area contributed by atoms with Crippen LogP contribution in [0.1, 0.15) is 38.2 Å². The van der Waals surface area contributed by atoms with Crippen molar-refractivity contribution in [1.29, 1.82) is 0 Å². The first-order valence-corrected chi connectivity index (χ1v) is 6.85. The predicted octanol–water partition coefficient (Wildman–Crippen LogP) is 4.06. The highest BCUT2D eigenvalue weighted by molar-refractivity contribution is 5.29. The summed E-state index contributed by atoms with van der Waals surface area (Å²) in [6.07, 6.45) is 7.13. The Kier molecular flexibility index (Phi) is 2.65. The van der Waals surface area contributed by atoms with Crippen LogP contribution < -0.4 is 4.74 Å². The molecule has 0 N–H and O–H groups in total. The maximum Gasteiger partial charge on any atom is 0.118 e. The summed E-state index contributed by atoms with van der Waals surface area (Å²) in [4.78, 5) is 0. The smallest absolute Gasteiger partial charge is 0.118 e. The molecule has 0 bridgehead atoms. The monoisotopic (exact) mass is 230 g/mol. The average Bonchev–Trinajstić information content (AvgIpc) is 3.03. The van der Waals surface area contributed by atoms with Crippen molar-refractivity contribution in [1.82, 2.24) is 0 Å². The van der Waals surface area contributed by atoms with Crippen LogP contribution in [0.3, 0.4) is 0 Å². The highest BCUT2D eigenvalue weighted by Crippen LogP contribution is 2.64. The molecule has 1 heteroatoms. The summed E-state index contributed by atoms with van der Waals surface area (Å²) >= 11 is 0. The molecule has 1 nitrogen and oxygen atoms in total. The van der Waals surface area contributed by atoms with Crippen LogP contribution in [-0.4, -0.2) is 7.11 Å². The van der Waals surface area contributed by atoms with E-state index in [4.69, 9.17) is 4.74 Å². The molecule has 0 heterocycles. The van der Waals surface area contributed by atoms with Crippen molar-refractivity contribution >= 4 is 0 Å². The summed E-state index contributed by atoms with van der Waals surface area (Å²) in [5.41, 5.74) is 2.16. The summed E-state index contributed by atoms with van der Waals surface area (Å²) < 4.78 is 5.21. The molecule has 17 heavy (non-hydrogen) atoms. The second-order valence-electron chi connectivity index (χ2n) is 6.17. The molecule has 2 aliphatic rings. The van der Waals surface area contributed by atoms with E-state index in [1.807, 2.05) is 0 Å². The third kappa shape index (κ3) is 2.08. The Morgan fingerprint density at radius 1 is 1.18 bits per heavy atom. The Morgan fingerprint density at radius 2 is 1.94 bits per heavy atom. The van der Waals surface area contributed by atoms with Gasteiger partial charge in [-0.25, -0.2) is 0 Å². The molecular weight excluding hydrogens is 208 g/mol. The van der Waals surface area contributed by atoms with Gasteiger partial charge < -0.3 is 4.74 Å². The summed E-state index contributed by atoms with van der Waals surface area (Å²) in [5.74, 6) is 2.93. The lowest BCUT2D eigenvalue weighted by Gasteiger charge is -2.27. The molecule has 0 aliphatic heterocycles. The number of rotatable bonds is 3. The standard InChI is InChI=1S/C16H22O/c1-12-3-6-14-11-16(14,9-12)10-13-4-7-15(17-2)8-5-13/h4-5,7-8,12,14H,3,6,9-11H2,1-2H3/t12?,14-,16-/m1/s1. The lowest BCUT2D eigenvalue weighted by molar-refractivity contribution is 0.264. The fourth-order valence-corrected chi connectivity index (χ4v) is 3.81. The van der Waals surface area contributed by atoms with Crippen molar-refractivity contribution in [2.75, 3.05) is 7.11 Å². The minimum atomic E-state index is 0.673. The van der Waals surface area contributed by atoms with Crippen LogP contribution >= 0.6 is 0 Å². The molecule has 0 saturated heterocycles. The van der Waals surface area contributed by atoms with E-state index < -0.39 is 0 Å². The molecule has 1 aromatic carbocycles. The average molecular weight is 230 g/mol. The van der Waals surface area contributed by atoms with E-state index in [0.717, 1.165) is 17.6 Å². The first-order chi connectivity index (χ1) is 8.22. The molecule has 0 spiro atoms.